The molecule has 4 aromatic rings. The van der Waals surface area contributed by atoms with Crippen LogP contribution in [0.5, 0.6) is 0 Å². The number of pyridine rings is 1. The maximum absolute atomic E-state index is 12.9. The fraction of sp³-hybridized carbons (Fsp3) is 0.192. The number of anilines is 1. The van der Waals surface area contributed by atoms with Gasteiger partial charge < -0.3 is 0 Å². The zero-order chi connectivity index (χ0) is 23.9. The largest absolute Gasteiger partial charge is 0.288 e. The highest BCUT2D eigenvalue weighted by atomic mass is 35.5. The topological polar surface area (TPSA) is 53.5 Å². The number of benzene rings is 3. The van der Waals surface area contributed by atoms with Crippen LogP contribution < -0.4 is 4.31 Å². The smallest absolute Gasteiger partial charge is 0.232 e. The third kappa shape index (κ3) is 4.64. The van der Waals surface area contributed by atoms with Crippen LogP contribution in [-0.4, -0.2) is 43.7 Å². The van der Waals surface area contributed by atoms with Crippen LogP contribution in [0.2, 0.25) is 10.0 Å². The van der Waals surface area contributed by atoms with Gasteiger partial charge in [-0.2, -0.15) is 0 Å². The Balaban J connectivity index is 1.45. The predicted octanol–water partition coefficient (Wildman–Crippen LogP) is 5.78. The number of halogens is 2. The van der Waals surface area contributed by atoms with E-state index < -0.39 is 10.0 Å². The molecule has 2 heterocycles. The normalized spacial score (nSPS) is 14.9. The monoisotopic (exact) mass is 511 g/mol. The van der Waals surface area contributed by atoms with Gasteiger partial charge in [0.05, 0.1) is 29.5 Å². The van der Waals surface area contributed by atoms with Crippen LogP contribution in [0.3, 0.4) is 0 Å². The standard InChI is InChI=1S/C26H23Cl2N3O2S/c1-34(32,33)31(23-12-13-25-20(15-23)3-2-14-29-25)24-16-30(17-24)26(18-4-8-21(27)9-5-18)19-6-10-22(28)11-7-19/h2-15,24,26H,16-17H2,1H3. The second-order valence-corrected chi connectivity index (χ2v) is 11.3. The van der Waals surface area contributed by atoms with E-state index in [4.69, 9.17) is 23.2 Å². The molecule has 1 aromatic heterocycles. The number of sulfonamides is 1. The quantitative estimate of drug-likeness (QED) is 0.329. The van der Waals surface area contributed by atoms with Crippen molar-refractivity contribution in [2.24, 2.45) is 0 Å². The lowest BCUT2D eigenvalue weighted by molar-refractivity contribution is 0.116. The molecule has 1 aliphatic heterocycles. The molecular formula is C26H23Cl2N3O2S. The highest BCUT2D eigenvalue weighted by Crippen LogP contribution is 2.37. The minimum Gasteiger partial charge on any atom is -0.288 e. The van der Waals surface area contributed by atoms with Gasteiger partial charge in [-0.1, -0.05) is 53.5 Å². The first-order chi connectivity index (χ1) is 16.3. The van der Waals surface area contributed by atoms with E-state index in [1.54, 1.807) is 6.20 Å². The summed E-state index contributed by atoms with van der Waals surface area (Å²) in [5.74, 6) is 0. The summed E-state index contributed by atoms with van der Waals surface area (Å²) in [6.45, 7) is 1.18. The molecular weight excluding hydrogens is 489 g/mol. The average molecular weight is 512 g/mol. The Hall–Kier alpha value is -2.64. The van der Waals surface area contributed by atoms with E-state index in [0.29, 0.717) is 28.8 Å². The van der Waals surface area contributed by atoms with Crippen molar-refractivity contribution < 1.29 is 8.42 Å². The van der Waals surface area contributed by atoms with E-state index in [1.807, 2.05) is 78.9 Å². The van der Waals surface area contributed by atoms with Gasteiger partial charge in [-0.25, -0.2) is 8.42 Å². The van der Waals surface area contributed by atoms with Crippen LogP contribution in [0.25, 0.3) is 10.9 Å². The van der Waals surface area contributed by atoms with Crippen LogP contribution in [0.1, 0.15) is 17.2 Å². The Kier molecular flexibility index (Phi) is 6.25. The first kappa shape index (κ1) is 23.1. The molecule has 1 saturated heterocycles. The Morgan fingerprint density at radius 2 is 1.50 bits per heavy atom. The van der Waals surface area contributed by atoms with Crippen molar-refractivity contribution in [1.29, 1.82) is 0 Å². The summed E-state index contributed by atoms with van der Waals surface area (Å²) in [5.41, 5.74) is 3.67. The summed E-state index contributed by atoms with van der Waals surface area (Å²) in [6, 6.07) is 24.7. The van der Waals surface area contributed by atoms with Gasteiger partial charge in [0.25, 0.3) is 0 Å². The SMILES string of the molecule is CS(=O)(=O)N(c1ccc2ncccc2c1)C1CN(C(c2ccc(Cl)cc2)c2ccc(Cl)cc2)C1. The number of fused-ring (bicyclic) bond motifs is 1. The maximum Gasteiger partial charge on any atom is 0.232 e. The molecule has 0 aliphatic carbocycles. The molecule has 0 unspecified atom stereocenters. The summed E-state index contributed by atoms with van der Waals surface area (Å²) in [7, 11) is -3.48. The highest BCUT2D eigenvalue weighted by molar-refractivity contribution is 7.92. The minimum atomic E-state index is -3.48. The van der Waals surface area contributed by atoms with Crippen LogP contribution >= 0.6 is 23.2 Å². The summed E-state index contributed by atoms with van der Waals surface area (Å²) in [4.78, 5) is 6.62. The van der Waals surface area contributed by atoms with Gasteiger partial charge in [0.1, 0.15) is 0 Å². The van der Waals surface area contributed by atoms with Crippen molar-refractivity contribution in [3.63, 3.8) is 0 Å². The molecule has 0 spiro atoms. The van der Waals surface area contributed by atoms with E-state index in [2.05, 4.69) is 9.88 Å². The van der Waals surface area contributed by atoms with Crippen molar-refractivity contribution >= 4 is 49.8 Å². The fourth-order valence-corrected chi connectivity index (χ4v) is 6.05. The summed E-state index contributed by atoms with van der Waals surface area (Å²) in [6.07, 6.45) is 2.99. The molecule has 0 N–H and O–H groups in total. The molecule has 0 amide bonds. The lowest BCUT2D eigenvalue weighted by Crippen LogP contribution is -2.61. The molecule has 0 bridgehead atoms. The van der Waals surface area contributed by atoms with E-state index >= 15 is 0 Å². The van der Waals surface area contributed by atoms with Gasteiger partial charge in [-0.05, 0) is 59.7 Å². The van der Waals surface area contributed by atoms with Crippen molar-refractivity contribution in [2.75, 3.05) is 23.7 Å². The number of hydrogen-bond donors (Lipinski definition) is 0. The van der Waals surface area contributed by atoms with Crippen molar-refractivity contribution in [2.45, 2.75) is 12.1 Å². The van der Waals surface area contributed by atoms with E-state index in [0.717, 1.165) is 22.0 Å². The molecule has 5 nitrogen and oxygen atoms in total. The van der Waals surface area contributed by atoms with Crippen molar-refractivity contribution in [3.05, 3.63) is 106 Å². The zero-order valence-electron chi connectivity index (χ0n) is 18.5. The molecule has 34 heavy (non-hydrogen) atoms. The second-order valence-electron chi connectivity index (χ2n) is 8.55. The van der Waals surface area contributed by atoms with Crippen molar-refractivity contribution in [3.8, 4) is 0 Å². The third-order valence-electron chi connectivity index (χ3n) is 6.16. The maximum atomic E-state index is 12.9. The van der Waals surface area contributed by atoms with Gasteiger partial charge in [0.15, 0.2) is 0 Å². The Bertz CT molecular complexity index is 1380. The van der Waals surface area contributed by atoms with Gasteiger partial charge in [0.2, 0.25) is 10.0 Å². The molecule has 0 saturated carbocycles. The van der Waals surface area contributed by atoms with Gasteiger partial charge in [-0.15, -0.1) is 0 Å². The number of aromatic nitrogens is 1. The summed E-state index contributed by atoms with van der Waals surface area (Å²) in [5, 5.41) is 2.26. The van der Waals surface area contributed by atoms with Gasteiger partial charge in [0, 0.05) is 34.7 Å². The number of likely N-dealkylation sites (tertiary alicyclic amines) is 1. The third-order valence-corrected chi connectivity index (χ3v) is 7.88. The van der Waals surface area contributed by atoms with Crippen LogP contribution in [0, 0.1) is 0 Å². The van der Waals surface area contributed by atoms with E-state index in [9.17, 15) is 8.42 Å². The van der Waals surface area contributed by atoms with Gasteiger partial charge >= 0.3 is 0 Å². The molecule has 8 heteroatoms. The van der Waals surface area contributed by atoms with Crippen LogP contribution in [-0.2, 0) is 10.0 Å². The molecule has 174 valence electrons. The van der Waals surface area contributed by atoms with E-state index in [1.165, 1.54) is 10.6 Å². The molecule has 3 aromatic carbocycles. The average Bonchev–Trinajstić information content (AvgIpc) is 2.78. The van der Waals surface area contributed by atoms with Crippen LogP contribution in [0.15, 0.2) is 85.1 Å². The van der Waals surface area contributed by atoms with Crippen LogP contribution in [0.4, 0.5) is 5.69 Å². The first-order valence-electron chi connectivity index (χ1n) is 10.9. The number of rotatable bonds is 6. The Morgan fingerprint density at radius 3 is 2.06 bits per heavy atom. The summed E-state index contributed by atoms with van der Waals surface area (Å²) < 4.78 is 27.3. The fourth-order valence-electron chi connectivity index (χ4n) is 4.62. The number of nitrogens with zero attached hydrogens (tertiary/aromatic N) is 3. The molecule has 0 atom stereocenters. The lowest BCUT2D eigenvalue weighted by Gasteiger charge is -2.48. The molecule has 0 radical (unpaired) electrons. The second kappa shape index (κ2) is 9.19. The Labute approximate surface area is 209 Å². The Morgan fingerprint density at radius 1 is 0.912 bits per heavy atom. The van der Waals surface area contributed by atoms with Crippen molar-refractivity contribution in [1.82, 2.24) is 9.88 Å². The minimum absolute atomic E-state index is 0.0343. The zero-order valence-corrected chi connectivity index (χ0v) is 20.8. The predicted molar refractivity (Wildman–Crippen MR) is 139 cm³/mol. The highest BCUT2D eigenvalue weighted by Gasteiger charge is 2.40. The van der Waals surface area contributed by atoms with Gasteiger partial charge in [-0.3, -0.25) is 14.2 Å². The number of hydrogen-bond acceptors (Lipinski definition) is 4. The molecule has 1 aliphatic rings. The molecule has 5 rings (SSSR count). The molecule has 1 fully saturated rings. The van der Waals surface area contributed by atoms with E-state index in [-0.39, 0.29) is 12.1 Å². The first-order valence-corrected chi connectivity index (χ1v) is 13.5. The summed E-state index contributed by atoms with van der Waals surface area (Å²) >= 11 is 12.3. The lowest BCUT2D eigenvalue weighted by atomic mass is 9.93.